The summed E-state index contributed by atoms with van der Waals surface area (Å²) in [6.07, 6.45) is 6.69. The molecule has 6 aromatic rings. The number of likely N-dealkylation sites (tertiary alicyclic amines) is 1. The number of piperazine rings is 1. The fourth-order valence-corrected chi connectivity index (χ4v) is 8.23. The molecular weight excluding hydrogens is 889 g/mol. The third kappa shape index (κ3) is 12.8. The van der Waals surface area contributed by atoms with Crippen LogP contribution in [0.25, 0.3) is 28.4 Å². The summed E-state index contributed by atoms with van der Waals surface area (Å²) < 4.78 is 40.7. The second kappa shape index (κ2) is 21.3. The van der Waals surface area contributed by atoms with Gasteiger partial charge in [-0.15, -0.1) is 13.2 Å². The van der Waals surface area contributed by atoms with Crippen LogP contribution in [0, 0.1) is 13.8 Å². The number of piperidine rings is 1. The Labute approximate surface area is 389 Å². The van der Waals surface area contributed by atoms with E-state index in [1.54, 1.807) is 0 Å². The molecule has 3 saturated heterocycles. The van der Waals surface area contributed by atoms with Crippen molar-refractivity contribution >= 4 is 75.4 Å². The SMILES string of the molecule is Cc1nc(N2CCC(N3CCCC3)CC2)nc2ncc(NC(=O)/C=C/c3ccc(OC(F)(F)F)cc3)nc12.Cc1nc(N2CCNCC2)nc2ncc(NC(=O)CCc3ccc(Cl)cc3)nc12. The van der Waals surface area contributed by atoms with E-state index in [1.807, 2.05) is 38.1 Å². The van der Waals surface area contributed by atoms with Crippen molar-refractivity contribution < 1.29 is 27.5 Å². The van der Waals surface area contributed by atoms with Crippen LogP contribution in [0.2, 0.25) is 5.02 Å². The van der Waals surface area contributed by atoms with Crippen molar-refractivity contribution in [2.45, 2.75) is 64.8 Å². The van der Waals surface area contributed by atoms with E-state index < -0.39 is 12.3 Å². The predicted octanol–water partition coefficient (Wildman–Crippen LogP) is 6.71. The fourth-order valence-electron chi connectivity index (χ4n) is 8.10. The lowest BCUT2D eigenvalue weighted by Gasteiger charge is -2.36. The van der Waals surface area contributed by atoms with Crippen LogP contribution in [0.1, 0.15) is 54.6 Å². The number of anilines is 4. The van der Waals surface area contributed by atoms with Crippen LogP contribution in [0.5, 0.6) is 5.75 Å². The average Bonchev–Trinajstić information content (AvgIpc) is 3.87. The van der Waals surface area contributed by atoms with Crippen molar-refractivity contribution in [3.63, 3.8) is 0 Å². The number of alkyl halides is 3. The van der Waals surface area contributed by atoms with Gasteiger partial charge in [0.25, 0.3) is 0 Å². The van der Waals surface area contributed by atoms with Crippen molar-refractivity contribution in [1.82, 2.24) is 50.1 Å². The Morgan fingerprint density at radius 1 is 0.761 bits per heavy atom. The number of carbonyl (C=O) groups is 2. The Balaban J connectivity index is 0.000000188. The van der Waals surface area contributed by atoms with Gasteiger partial charge in [0.15, 0.2) is 22.9 Å². The number of ether oxygens (including phenoxy) is 1. The Morgan fingerprint density at radius 2 is 1.33 bits per heavy atom. The molecule has 4 aromatic heterocycles. The summed E-state index contributed by atoms with van der Waals surface area (Å²) in [5.41, 5.74) is 5.09. The zero-order valence-corrected chi connectivity index (χ0v) is 37.8. The molecule has 0 bridgehead atoms. The maximum absolute atomic E-state index is 12.4. The molecule has 0 atom stereocenters. The van der Waals surface area contributed by atoms with Crippen molar-refractivity contribution in [1.29, 1.82) is 0 Å². The van der Waals surface area contributed by atoms with Crippen LogP contribution in [-0.4, -0.2) is 121 Å². The second-order valence-corrected chi connectivity index (χ2v) is 16.8. The van der Waals surface area contributed by atoms with Crippen LogP contribution in [-0.2, 0) is 16.0 Å². The number of halogens is 4. The molecule has 0 spiro atoms. The Kier molecular flexibility index (Phi) is 14.9. The monoisotopic (exact) mass is 938 g/mol. The molecule has 0 aliphatic carbocycles. The van der Waals surface area contributed by atoms with Crippen LogP contribution in [0.4, 0.5) is 36.7 Å². The number of fused-ring (bicyclic) bond motifs is 2. The molecule has 0 saturated carbocycles. The molecule has 9 rings (SSSR count). The van der Waals surface area contributed by atoms with Crippen molar-refractivity contribution in [3.8, 4) is 5.75 Å². The summed E-state index contributed by atoms with van der Waals surface area (Å²) >= 11 is 5.89. The maximum atomic E-state index is 12.4. The number of amides is 2. The molecular formula is C46H50ClF3N14O3. The third-order valence-electron chi connectivity index (χ3n) is 11.6. The van der Waals surface area contributed by atoms with Gasteiger partial charge in [0.2, 0.25) is 23.7 Å². The smallest absolute Gasteiger partial charge is 0.406 e. The zero-order valence-electron chi connectivity index (χ0n) is 37.1. The Bertz CT molecular complexity index is 2710. The molecule has 3 N–H and O–H groups in total. The minimum absolute atomic E-state index is 0.121. The van der Waals surface area contributed by atoms with E-state index in [4.69, 9.17) is 11.6 Å². The van der Waals surface area contributed by atoms with E-state index in [-0.39, 0.29) is 17.5 Å². The molecule has 3 aliphatic rings. The molecule has 17 nitrogen and oxygen atoms in total. The van der Waals surface area contributed by atoms with Gasteiger partial charge in [-0.2, -0.15) is 9.97 Å². The number of nitrogens with one attached hydrogen (secondary N) is 3. The van der Waals surface area contributed by atoms with E-state index in [2.05, 4.69) is 75.3 Å². The highest BCUT2D eigenvalue weighted by Crippen LogP contribution is 2.26. The number of hydrogen-bond donors (Lipinski definition) is 3. The average molecular weight is 939 g/mol. The Morgan fingerprint density at radius 3 is 1.91 bits per heavy atom. The van der Waals surface area contributed by atoms with Gasteiger partial charge in [-0.3, -0.25) is 9.59 Å². The highest BCUT2D eigenvalue weighted by atomic mass is 35.5. The van der Waals surface area contributed by atoms with E-state index >= 15 is 0 Å². The molecule has 67 heavy (non-hydrogen) atoms. The van der Waals surface area contributed by atoms with Gasteiger partial charge in [-0.25, -0.2) is 29.9 Å². The normalized spacial score (nSPS) is 16.0. The van der Waals surface area contributed by atoms with Gasteiger partial charge in [-0.05, 0) is 101 Å². The van der Waals surface area contributed by atoms with E-state index in [0.717, 1.165) is 63.4 Å². The third-order valence-corrected chi connectivity index (χ3v) is 11.8. The Hall–Kier alpha value is -6.64. The minimum Gasteiger partial charge on any atom is -0.406 e. The number of nitrogens with zero attached hydrogens (tertiary/aromatic N) is 11. The molecule has 350 valence electrons. The highest BCUT2D eigenvalue weighted by Gasteiger charge is 2.31. The summed E-state index contributed by atoms with van der Waals surface area (Å²) in [5.74, 6) is 1.04. The van der Waals surface area contributed by atoms with Gasteiger partial charge in [0.1, 0.15) is 16.8 Å². The van der Waals surface area contributed by atoms with Crippen LogP contribution in [0.3, 0.4) is 0 Å². The fraction of sp³-hybridized carbons (Fsp3) is 0.391. The van der Waals surface area contributed by atoms with Crippen molar-refractivity contribution in [3.05, 3.63) is 94.5 Å². The number of aryl methyl sites for hydroxylation is 3. The van der Waals surface area contributed by atoms with E-state index in [0.29, 0.717) is 75.2 Å². The van der Waals surface area contributed by atoms with Gasteiger partial charge in [0, 0.05) is 62.8 Å². The maximum Gasteiger partial charge on any atom is 0.573 e. The summed E-state index contributed by atoms with van der Waals surface area (Å²) in [6, 6.07) is 13.3. The second-order valence-electron chi connectivity index (χ2n) is 16.4. The first-order valence-electron chi connectivity index (χ1n) is 22.2. The molecule has 3 fully saturated rings. The summed E-state index contributed by atoms with van der Waals surface area (Å²) in [7, 11) is 0. The first kappa shape index (κ1) is 46.9. The molecule has 21 heteroatoms. The topological polar surface area (TPSA) is 192 Å². The van der Waals surface area contributed by atoms with Crippen LogP contribution < -0.4 is 30.5 Å². The summed E-state index contributed by atoms with van der Waals surface area (Å²) in [4.78, 5) is 67.8. The predicted molar refractivity (Wildman–Crippen MR) is 250 cm³/mol. The first-order valence-corrected chi connectivity index (χ1v) is 22.6. The quantitative estimate of drug-likeness (QED) is 0.116. The lowest BCUT2D eigenvalue weighted by atomic mass is 10.0. The van der Waals surface area contributed by atoms with Crippen LogP contribution in [0.15, 0.2) is 67.0 Å². The van der Waals surface area contributed by atoms with E-state index in [9.17, 15) is 22.8 Å². The molecule has 7 heterocycles. The zero-order chi connectivity index (χ0) is 46.9. The number of carbonyl (C=O) groups excluding carboxylic acids is 2. The van der Waals surface area contributed by atoms with Gasteiger partial charge < -0.3 is 35.4 Å². The summed E-state index contributed by atoms with van der Waals surface area (Å²) in [6.45, 7) is 11.5. The van der Waals surface area contributed by atoms with Crippen molar-refractivity contribution in [2.24, 2.45) is 0 Å². The first-order chi connectivity index (χ1) is 32.3. The van der Waals surface area contributed by atoms with Crippen molar-refractivity contribution in [2.75, 3.05) is 72.8 Å². The standard InChI is InChI=1S/C26H28F3N7O2.C20H22ClN7O/c1-17-23-24(34-25(31-17)36-14-10-19(11-15-36)35-12-2-3-13-35)30-16-21(33-23)32-22(37)9-6-18-4-7-20(8-5-18)38-26(27,28)29;1-13-18-19(27-20(24-13)28-10-8-22-9-11-28)23-12-16(26-18)25-17(29)7-4-14-2-5-15(21)6-3-14/h4-9,16,19H,2-3,10-15H2,1H3,(H,32,33,37);2-3,5-6,12,22H,4,7-11H2,1H3,(H,25,26,29)/b9-6+;. The number of benzene rings is 2. The molecule has 2 aromatic carbocycles. The molecule has 2 amide bonds. The number of hydrogen-bond acceptors (Lipinski definition) is 15. The minimum atomic E-state index is -4.76. The lowest BCUT2D eigenvalue weighted by Crippen LogP contribution is -2.44. The number of rotatable bonds is 11. The molecule has 0 unspecified atom stereocenters. The largest absolute Gasteiger partial charge is 0.573 e. The van der Waals surface area contributed by atoms with Gasteiger partial charge >= 0.3 is 6.36 Å². The van der Waals surface area contributed by atoms with Gasteiger partial charge in [-0.1, -0.05) is 35.9 Å². The van der Waals surface area contributed by atoms with Crippen LogP contribution >= 0.6 is 11.6 Å². The van der Waals surface area contributed by atoms with E-state index in [1.165, 1.54) is 74.7 Å². The summed E-state index contributed by atoms with van der Waals surface area (Å²) in [5, 5.41) is 9.44. The molecule has 0 radical (unpaired) electrons. The number of aromatic nitrogens is 8. The highest BCUT2D eigenvalue weighted by molar-refractivity contribution is 6.30. The molecule has 3 aliphatic heterocycles. The lowest BCUT2D eigenvalue weighted by molar-refractivity contribution is -0.274. The van der Waals surface area contributed by atoms with Gasteiger partial charge in [0.05, 0.1) is 23.8 Å².